The Morgan fingerprint density at radius 2 is 2.20 bits per heavy atom. The molecule has 0 aliphatic heterocycles. The van der Waals surface area contributed by atoms with Crippen molar-refractivity contribution in [3.63, 3.8) is 0 Å². The normalized spacial score (nSPS) is 10.9. The molecule has 2 heterocycles. The molecule has 20 heavy (non-hydrogen) atoms. The summed E-state index contributed by atoms with van der Waals surface area (Å²) in [4.78, 5) is 11.1. The molecule has 8 heteroatoms. The zero-order chi connectivity index (χ0) is 14.3. The van der Waals surface area contributed by atoms with Gasteiger partial charge in [0.05, 0.1) is 12.8 Å². The maximum absolute atomic E-state index is 14.0. The van der Waals surface area contributed by atoms with Crippen molar-refractivity contribution in [1.29, 1.82) is 0 Å². The summed E-state index contributed by atoms with van der Waals surface area (Å²) in [5, 5.41) is 0. The van der Waals surface area contributed by atoms with Gasteiger partial charge in [-0.15, -0.1) is 0 Å². The van der Waals surface area contributed by atoms with Crippen molar-refractivity contribution in [2.75, 3.05) is 7.11 Å². The summed E-state index contributed by atoms with van der Waals surface area (Å²) in [5.74, 6) is -0.0435. The molecular formula is C12H8BrFN4OS. The van der Waals surface area contributed by atoms with Crippen molar-refractivity contribution in [2.45, 2.75) is 0 Å². The molecule has 0 bridgehead atoms. The van der Waals surface area contributed by atoms with Crippen LogP contribution in [0.15, 0.2) is 29.0 Å². The van der Waals surface area contributed by atoms with Crippen molar-refractivity contribution < 1.29 is 9.13 Å². The van der Waals surface area contributed by atoms with E-state index in [1.165, 1.54) is 24.1 Å². The topological polar surface area (TPSA) is 55.7 Å². The SMILES string of the molecule is COc1ncnc2c1[nH]c(=S)n2-c1cc(Br)ccc1F. The summed E-state index contributed by atoms with van der Waals surface area (Å²) < 4.78 is 21.8. The Morgan fingerprint density at radius 1 is 1.40 bits per heavy atom. The number of rotatable bonds is 2. The van der Waals surface area contributed by atoms with Crippen LogP contribution in [0.3, 0.4) is 0 Å². The van der Waals surface area contributed by atoms with Gasteiger partial charge in [-0.05, 0) is 30.4 Å². The second-order valence-electron chi connectivity index (χ2n) is 3.94. The predicted molar refractivity (Wildman–Crippen MR) is 78.3 cm³/mol. The molecule has 0 spiro atoms. The molecule has 0 radical (unpaired) electrons. The second-order valence-corrected chi connectivity index (χ2v) is 5.25. The lowest BCUT2D eigenvalue weighted by atomic mass is 10.3. The average molecular weight is 355 g/mol. The van der Waals surface area contributed by atoms with Crippen LogP contribution in [-0.4, -0.2) is 26.6 Å². The molecule has 0 fully saturated rings. The Morgan fingerprint density at radius 3 is 2.95 bits per heavy atom. The van der Waals surface area contributed by atoms with E-state index in [9.17, 15) is 4.39 Å². The van der Waals surface area contributed by atoms with Gasteiger partial charge in [0.15, 0.2) is 10.4 Å². The van der Waals surface area contributed by atoms with Gasteiger partial charge in [-0.25, -0.2) is 9.37 Å². The maximum Gasteiger partial charge on any atom is 0.242 e. The van der Waals surface area contributed by atoms with Crippen LogP contribution in [0, 0.1) is 10.6 Å². The lowest BCUT2D eigenvalue weighted by molar-refractivity contribution is 0.401. The lowest BCUT2D eigenvalue weighted by Crippen LogP contribution is -1.99. The van der Waals surface area contributed by atoms with Gasteiger partial charge in [-0.1, -0.05) is 15.9 Å². The number of ether oxygens (including phenoxy) is 1. The first-order chi connectivity index (χ1) is 9.61. The smallest absolute Gasteiger partial charge is 0.242 e. The number of aromatic amines is 1. The van der Waals surface area contributed by atoms with Gasteiger partial charge in [-0.2, -0.15) is 4.98 Å². The number of benzene rings is 1. The number of imidazole rings is 1. The Bertz CT molecular complexity index is 860. The van der Waals surface area contributed by atoms with E-state index >= 15 is 0 Å². The average Bonchev–Trinajstić information content (AvgIpc) is 2.77. The standard InChI is InChI=1S/C12H8BrFN4OS/c1-19-11-9-10(15-5-16-11)18(12(20)17-9)8-4-6(13)2-3-7(8)14/h2-5H,1H3,(H,17,20). The molecule has 0 atom stereocenters. The molecule has 1 aromatic carbocycles. The van der Waals surface area contributed by atoms with Crippen LogP contribution in [0.1, 0.15) is 0 Å². The number of hydrogen-bond donors (Lipinski definition) is 1. The summed E-state index contributed by atoms with van der Waals surface area (Å²) in [6.07, 6.45) is 1.34. The number of halogens is 2. The van der Waals surface area contributed by atoms with Crippen molar-refractivity contribution in [1.82, 2.24) is 19.5 Å². The molecule has 2 aromatic heterocycles. The first-order valence-electron chi connectivity index (χ1n) is 5.57. The van der Waals surface area contributed by atoms with E-state index in [1.54, 1.807) is 12.1 Å². The van der Waals surface area contributed by atoms with Gasteiger partial charge in [0, 0.05) is 4.47 Å². The minimum absolute atomic E-state index is 0.302. The molecular weight excluding hydrogens is 347 g/mol. The second kappa shape index (κ2) is 4.95. The van der Waals surface area contributed by atoms with Crippen LogP contribution in [0.2, 0.25) is 0 Å². The lowest BCUT2D eigenvalue weighted by Gasteiger charge is -2.06. The zero-order valence-corrected chi connectivity index (χ0v) is 12.6. The quantitative estimate of drug-likeness (QED) is 0.716. The molecule has 0 aliphatic carbocycles. The molecule has 0 aliphatic rings. The van der Waals surface area contributed by atoms with Crippen LogP contribution < -0.4 is 4.74 Å². The van der Waals surface area contributed by atoms with Gasteiger partial charge in [0.1, 0.15) is 17.7 Å². The third-order valence-corrected chi connectivity index (χ3v) is 3.56. The van der Waals surface area contributed by atoms with Crippen molar-refractivity contribution in [3.05, 3.63) is 39.6 Å². The Kier molecular flexibility index (Phi) is 3.27. The molecule has 102 valence electrons. The van der Waals surface area contributed by atoms with Gasteiger partial charge < -0.3 is 9.72 Å². The highest BCUT2D eigenvalue weighted by atomic mass is 79.9. The Labute approximate surface area is 126 Å². The number of fused-ring (bicyclic) bond motifs is 1. The predicted octanol–water partition coefficient (Wildman–Crippen LogP) is 3.39. The fourth-order valence-electron chi connectivity index (χ4n) is 1.93. The maximum atomic E-state index is 14.0. The molecule has 0 unspecified atom stereocenters. The monoisotopic (exact) mass is 354 g/mol. The summed E-state index contributed by atoms with van der Waals surface area (Å²) >= 11 is 8.56. The fraction of sp³-hybridized carbons (Fsp3) is 0.0833. The van der Waals surface area contributed by atoms with Crippen LogP contribution >= 0.6 is 28.1 Å². The highest BCUT2D eigenvalue weighted by Gasteiger charge is 2.15. The molecule has 0 amide bonds. The number of nitrogens with one attached hydrogen (secondary N) is 1. The highest BCUT2D eigenvalue weighted by molar-refractivity contribution is 9.10. The molecule has 0 saturated heterocycles. The van der Waals surface area contributed by atoms with Gasteiger partial charge in [-0.3, -0.25) is 4.57 Å². The van der Waals surface area contributed by atoms with Crippen LogP contribution in [0.4, 0.5) is 4.39 Å². The van der Waals surface area contributed by atoms with Gasteiger partial charge >= 0.3 is 0 Å². The Balaban J connectivity index is 2.40. The van der Waals surface area contributed by atoms with E-state index in [1.807, 2.05) is 0 Å². The molecule has 5 nitrogen and oxygen atoms in total. The highest BCUT2D eigenvalue weighted by Crippen LogP contribution is 2.26. The van der Waals surface area contributed by atoms with E-state index in [2.05, 4.69) is 30.9 Å². The number of H-pyrrole nitrogens is 1. The third-order valence-electron chi connectivity index (χ3n) is 2.78. The van der Waals surface area contributed by atoms with Crippen molar-refractivity contribution in [2.24, 2.45) is 0 Å². The minimum atomic E-state index is -0.400. The number of aromatic nitrogens is 4. The largest absolute Gasteiger partial charge is 0.479 e. The molecule has 3 aromatic rings. The van der Waals surface area contributed by atoms with Crippen LogP contribution in [-0.2, 0) is 0 Å². The number of hydrogen-bond acceptors (Lipinski definition) is 4. The third kappa shape index (κ3) is 2.01. The number of nitrogens with zero attached hydrogens (tertiary/aromatic N) is 3. The molecule has 0 saturated carbocycles. The first-order valence-corrected chi connectivity index (χ1v) is 6.77. The summed E-state index contributed by atoms with van der Waals surface area (Å²) in [6.45, 7) is 0. The van der Waals surface area contributed by atoms with E-state index < -0.39 is 5.82 Å². The first kappa shape index (κ1) is 13.2. The van der Waals surface area contributed by atoms with Crippen LogP contribution in [0.5, 0.6) is 5.88 Å². The van der Waals surface area contributed by atoms with E-state index in [-0.39, 0.29) is 0 Å². The summed E-state index contributed by atoms with van der Waals surface area (Å²) in [5.41, 5.74) is 1.29. The Hall–Kier alpha value is -1.80. The summed E-state index contributed by atoms with van der Waals surface area (Å²) in [7, 11) is 1.50. The van der Waals surface area contributed by atoms with Gasteiger partial charge in [0.2, 0.25) is 5.88 Å². The fourth-order valence-corrected chi connectivity index (χ4v) is 2.57. The van der Waals surface area contributed by atoms with Crippen molar-refractivity contribution >= 4 is 39.3 Å². The molecule has 3 rings (SSSR count). The zero-order valence-electron chi connectivity index (χ0n) is 10.2. The minimum Gasteiger partial charge on any atom is -0.479 e. The van der Waals surface area contributed by atoms with Crippen LogP contribution in [0.25, 0.3) is 16.9 Å². The van der Waals surface area contributed by atoms with E-state index in [4.69, 9.17) is 17.0 Å². The van der Waals surface area contributed by atoms with Crippen molar-refractivity contribution in [3.8, 4) is 11.6 Å². The number of methoxy groups -OCH3 is 1. The van der Waals surface area contributed by atoms with E-state index in [0.717, 1.165) is 4.47 Å². The molecule has 1 N–H and O–H groups in total. The van der Waals surface area contributed by atoms with Gasteiger partial charge in [0.25, 0.3) is 0 Å². The van der Waals surface area contributed by atoms with E-state index in [0.29, 0.717) is 27.5 Å². The summed E-state index contributed by atoms with van der Waals surface area (Å²) in [6, 6.07) is 4.61.